The van der Waals surface area contributed by atoms with Gasteiger partial charge in [0, 0.05) is 12.8 Å². The maximum atomic E-state index is 12.8. The summed E-state index contributed by atoms with van der Waals surface area (Å²) in [7, 11) is 1.18. The molecule has 0 aromatic rings. The highest BCUT2D eigenvalue weighted by Gasteiger charge is 2.22. The normalized spacial score (nSPS) is 13.4. The topological polar surface area (TPSA) is 111 Å². The predicted octanol–water partition coefficient (Wildman–Crippen LogP) is 19.3. The van der Waals surface area contributed by atoms with E-state index in [1.165, 1.54) is 225 Å². The van der Waals surface area contributed by atoms with E-state index in [0.29, 0.717) is 17.4 Å². The van der Waals surface area contributed by atoms with Crippen molar-refractivity contribution in [3.05, 3.63) is 36.5 Å². The second-order valence-corrected chi connectivity index (χ2v) is 24.2. The molecule has 0 aromatic carbocycles. The quantitative estimate of drug-likeness (QED) is 0.0195. The predicted molar refractivity (Wildman–Crippen MR) is 314 cm³/mol. The first-order valence-corrected chi connectivity index (χ1v) is 33.2. The van der Waals surface area contributed by atoms with Crippen molar-refractivity contribution in [1.82, 2.24) is 0 Å². The summed E-state index contributed by atoms with van der Waals surface area (Å²) in [5.41, 5.74) is 0. The van der Waals surface area contributed by atoms with Gasteiger partial charge in [0.25, 0.3) is 7.82 Å². The monoisotopic (exact) mass is 1060 g/mol. The van der Waals surface area contributed by atoms with E-state index in [1.54, 1.807) is 0 Å². The van der Waals surface area contributed by atoms with Crippen LogP contribution in [-0.4, -0.2) is 70.0 Å². The fourth-order valence-electron chi connectivity index (χ4n) is 9.25. The molecule has 0 saturated carbocycles. The Bertz CT molecular complexity index is 1340. The molecule has 0 fully saturated rings. The molecule has 436 valence electrons. The van der Waals surface area contributed by atoms with Gasteiger partial charge in [-0.1, -0.05) is 281 Å². The van der Waals surface area contributed by atoms with Crippen molar-refractivity contribution in [3.8, 4) is 0 Å². The minimum absolute atomic E-state index is 0.0282. The lowest BCUT2D eigenvalue weighted by atomic mass is 10.0. The molecular weight excluding hydrogens is 942 g/mol. The highest BCUT2D eigenvalue weighted by atomic mass is 31.2. The van der Waals surface area contributed by atoms with Crippen LogP contribution < -0.4 is 4.89 Å². The van der Waals surface area contributed by atoms with Crippen molar-refractivity contribution >= 4 is 19.8 Å². The Morgan fingerprint density at radius 3 is 1.08 bits per heavy atom. The first-order chi connectivity index (χ1) is 36.0. The zero-order valence-electron chi connectivity index (χ0n) is 49.6. The molecule has 0 aliphatic heterocycles. The summed E-state index contributed by atoms with van der Waals surface area (Å²) in [4.78, 5) is 37.9. The number of hydrogen-bond acceptors (Lipinski definition) is 8. The fraction of sp³-hybridized carbons (Fsp3) is 0.875. The Morgan fingerprint density at radius 2 is 0.730 bits per heavy atom. The third kappa shape index (κ3) is 59.5. The van der Waals surface area contributed by atoms with Crippen LogP contribution in [0.4, 0.5) is 0 Å². The molecule has 0 aromatic heterocycles. The van der Waals surface area contributed by atoms with Crippen LogP contribution in [0.3, 0.4) is 0 Å². The molecule has 0 radical (unpaired) electrons. The SMILES string of the molecule is CCCCCCC/C=C\C/C=C\C/C=C\CCCCCCCCCCCCCCCCCCC(=O)OC(COC(=O)CCCCCCCCCCCCCCCCCCCCC)COP(=O)([O-])OCC[N+](C)(C)C. The average molecular weight is 1060 g/mol. The van der Waals surface area contributed by atoms with Gasteiger partial charge in [-0.25, -0.2) is 0 Å². The van der Waals surface area contributed by atoms with Gasteiger partial charge in [-0.3, -0.25) is 14.2 Å². The van der Waals surface area contributed by atoms with Gasteiger partial charge in [-0.2, -0.15) is 0 Å². The van der Waals surface area contributed by atoms with Crippen LogP contribution in [0.15, 0.2) is 36.5 Å². The summed E-state index contributed by atoms with van der Waals surface area (Å²) in [6.07, 6.45) is 69.2. The van der Waals surface area contributed by atoms with Gasteiger partial charge < -0.3 is 27.9 Å². The van der Waals surface area contributed by atoms with Crippen LogP contribution in [0, 0.1) is 0 Å². The fourth-order valence-corrected chi connectivity index (χ4v) is 9.98. The number of rotatable bonds is 59. The van der Waals surface area contributed by atoms with Crippen molar-refractivity contribution in [2.24, 2.45) is 0 Å². The minimum Gasteiger partial charge on any atom is -0.756 e. The van der Waals surface area contributed by atoms with Gasteiger partial charge in [0.05, 0.1) is 27.7 Å². The van der Waals surface area contributed by atoms with Gasteiger partial charge in [-0.05, 0) is 51.4 Å². The van der Waals surface area contributed by atoms with E-state index < -0.39 is 26.5 Å². The van der Waals surface area contributed by atoms with Gasteiger partial charge >= 0.3 is 11.9 Å². The van der Waals surface area contributed by atoms with Crippen LogP contribution in [0.1, 0.15) is 309 Å². The standard InChI is InChI=1S/C64H122NO8P/c1-6-8-10-12-14-16-18-20-22-24-26-27-28-29-30-31-32-33-34-35-36-37-39-41-43-45-47-49-51-53-55-57-64(67)73-62(61-72-74(68,69)71-59-58-65(3,4)5)60-70-63(66)56-54-52-50-48-46-44-42-40-38-25-23-21-19-17-15-13-11-9-7-2/h18,20,24,26,28-29,62H,6-17,19,21-23,25,27,30-61H2,1-5H3/b20-18-,26-24-,29-28-. The molecule has 2 unspecified atom stereocenters. The Hall–Kier alpha value is -1.77. The Labute approximate surface area is 459 Å². The van der Waals surface area contributed by atoms with E-state index in [9.17, 15) is 19.0 Å². The summed E-state index contributed by atoms with van der Waals surface area (Å²) in [5.74, 6) is -0.816. The zero-order valence-corrected chi connectivity index (χ0v) is 50.5. The molecule has 10 heteroatoms. The van der Waals surface area contributed by atoms with E-state index in [4.69, 9.17) is 18.5 Å². The van der Waals surface area contributed by atoms with E-state index >= 15 is 0 Å². The molecular formula is C64H122NO8P. The average Bonchev–Trinajstić information content (AvgIpc) is 3.36. The summed E-state index contributed by atoms with van der Waals surface area (Å²) < 4.78 is 34.2. The number of unbranched alkanes of at least 4 members (excludes halogenated alkanes) is 39. The number of carbonyl (C=O) groups excluding carboxylic acids is 2. The summed E-state index contributed by atoms with van der Waals surface area (Å²) >= 11 is 0. The second-order valence-electron chi connectivity index (χ2n) is 22.8. The number of allylic oxidation sites excluding steroid dienone is 6. The minimum atomic E-state index is -4.63. The van der Waals surface area contributed by atoms with Crippen LogP contribution >= 0.6 is 7.82 Å². The van der Waals surface area contributed by atoms with E-state index in [1.807, 2.05) is 21.1 Å². The molecule has 0 saturated heterocycles. The molecule has 0 spiro atoms. The number of quaternary nitrogens is 1. The molecule has 0 rings (SSSR count). The number of ether oxygens (including phenoxy) is 2. The van der Waals surface area contributed by atoms with Crippen LogP contribution in [-0.2, 0) is 32.7 Å². The number of likely N-dealkylation sites (N-methyl/N-ethyl adjacent to an activating group) is 1. The maximum absolute atomic E-state index is 12.8. The zero-order chi connectivity index (χ0) is 54.2. The number of nitrogens with zero attached hydrogens (tertiary/aromatic N) is 1. The van der Waals surface area contributed by atoms with Crippen LogP contribution in [0.25, 0.3) is 0 Å². The van der Waals surface area contributed by atoms with E-state index in [-0.39, 0.29) is 32.0 Å². The lowest BCUT2D eigenvalue weighted by molar-refractivity contribution is -0.870. The number of esters is 2. The molecule has 0 bridgehead atoms. The third-order valence-electron chi connectivity index (χ3n) is 14.2. The van der Waals surface area contributed by atoms with Crippen molar-refractivity contribution in [2.45, 2.75) is 315 Å². The molecule has 0 heterocycles. The van der Waals surface area contributed by atoms with Crippen molar-refractivity contribution in [3.63, 3.8) is 0 Å². The molecule has 2 atom stereocenters. The molecule has 74 heavy (non-hydrogen) atoms. The third-order valence-corrected chi connectivity index (χ3v) is 15.1. The summed E-state index contributed by atoms with van der Waals surface area (Å²) in [6.45, 7) is 4.28. The largest absolute Gasteiger partial charge is 0.756 e. The van der Waals surface area contributed by atoms with Gasteiger partial charge in [-0.15, -0.1) is 0 Å². The Balaban J connectivity index is 4.05. The second kappa shape index (κ2) is 56.0. The lowest BCUT2D eigenvalue weighted by Crippen LogP contribution is -2.37. The first-order valence-electron chi connectivity index (χ1n) is 31.7. The highest BCUT2D eigenvalue weighted by molar-refractivity contribution is 7.45. The molecule has 9 nitrogen and oxygen atoms in total. The van der Waals surface area contributed by atoms with E-state index in [2.05, 4.69) is 50.3 Å². The molecule has 0 amide bonds. The van der Waals surface area contributed by atoms with E-state index in [0.717, 1.165) is 51.4 Å². The van der Waals surface area contributed by atoms with Crippen LogP contribution in [0.2, 0.25) is 0 Å². The van der Waals surface area contributed by atoms with Crippen LogP contribution in [0.5, 0.6) is 0 Å². The van der Waals surface area contributed by atoms with Crippen molar-refractivity contribution < 1.29 is 42.1 Å². The number of phosphoric ester groups is 1. The summed E-state index contributed by atoms with van der Waals surface area (Å²) in [6, 6.07) is 0. The van der Waals surface area contributed by atoms with Crippen molar-refractivity contribution in [1.29, 1.82) is 0 Å². The molecule has 0 aliphatic carbocycles. The first kappa shape index (κ1) is 72.2. The Morgan fingerprint density at radius 1 is 0.419 bits per heavy atom. The lowest BCUT2D eigenvalue weighted by Gasteiger charge is -2.28. The maximum Gasteiger partial charge on any atom is 0.306 e. The smallest absolute Gasteiger partial charge is 0.306 e. The highest BCUT2D eigenvalue weighted by Crippen LogP contribution is 2.38. The summed E-state index contributed by atoms with van der Waals surface area (Å²) in [5, 5.41) is 0. The van der Waals surface area contributed by atoms with Gasteiger partial charge in [0.2, 0.25) is 0 Å². The Kier molecular flexibility index (Phi) is 54.6. The number of carbonyl (C=O) groups is 2. The number of hydrogen-bond donors (Lipinski definition) is 0. The van der Waals surface area contributed by atoms with Gasteiger partial charge in [0.15, 0.2) is 6.10 Å². The molecule has 0 N–H and O–H groups in total. The van der Waals surface area contributed by atoms with Crippen molar-refractivity contribution in [2.75, 3.05) is 47.5 Å². The number of phosphoric acid groups is 1. The van der Waals surface area contributed by atoms with Gasteiger partial charge in [0.1, 0.15) is 19.8 Å². The molecule has 0 aliphatic rings.